The fourth-order valence-electron chi connectivity index (χ4n) is 1.51. The summed E-state index contributed by atoms with van der Waals surface area (Å²) in [6.45, 7) is -0.0764. The van der Waals surface area contributed by atoms with Gasteiger partial charge in [0.25, 0.3) is 0 Å². The standard InChI is InChI=1S/C8H14N2O/c9-5-8(6-11)10-7-3-1-2-4-7/h7-8,10-11H,1-4,6H2. The summed E-state index contributed by atoms with van der Waals surface area (Å²) in [5.41, 5.74) is 0. The van der Waals surface area contributed by atoms with Crippen molar-refractivity contribution in [1.29, 1.82) is 5.26 Å². The Bertz CT molecular complexity index is 147. The first kappa shape index (κ1) is 8.51. The largest absolute Gasteiger partial charge is 0.394 e. The van der Waals surface area contributed by atoms with Gasteiger partial charge in [0, 0.05) is 6.04 Å². The second-order valence-corrected chi connectivity index (χ2v) is 3.01. The number of nitrogens with zero attached hydrogens (tertiary/aromatic N) is 1. The molecule has 1 aliphatic rings. The van der Waals surface area contributed by atoms with Crippen molar-refractivity contribution in [3.05, 3.63) is 0 Å². The average Bonchev–Trinajstić information content (AvgIpc) is 2.52. The second-order valence-electron chi connectivity index (χ2n) is 3.01. The third kappa shape index (κ3) is 2.49. The molecule has 1 rings (SSSR count). The summed E-state index contributed by atoms with van der Waals surface area (Å²) in [5.74, 6) is 0. The predicted octanol–water partition coefficient (Wildman–Crippen LogP) is 0.403. The number of rotatable bonds is 3. The molecule has 1 atom stereocenters. The molecule has 0 radical (unpaired) electrons. The van der Waals surface area contributed by atoms with Crippen LogP contribution in [0.25, 0.3) is 0 Å². The second kappa shape index (κ2) is 4.32. The van der Waals surface area contributed by atoms with Crippen LogP contribution in [0.1, 0.15) is 25.7 Å². The lowest BCUT2D eigenvalue weighted by atomic mass is 10.2. The van der Waals surface area contributed by atoms with Crippen LogP contribution in [-0.2, 0) is 0 Å². The molecule has 0 amide bonds. The highest BCUT2D eigenvalue weighted by Crippen LogP contribution is 2.17. The Hall–Kier alpha value is -0.590. The van der Waals surface area contributed by atoms with Crippen LogP contribution in [-0.4, -0.2) is 23.8 Å². The lowest BCUT2D eigenvalue weighted by Gasteiger charge is -2.14. The fraction of sp³-hybridized carbons (Fsp3) is 0.875. The number of aliphatic hydroxyl groups excluding tert-OH is 1. The van der Waals surface area contributed by atoms with E-state index in [4.69, 9.17) is 10.4 Å². The van der Waals surface area contributed by atoms with E-state index >= 15 is 0 Å². The molecule has 3 nitrogen and oxygen atoms in total. The normalized spacial score (nSPS) is 21.5. The Labute approximate surface area is 67.0 Å². The summed E-state index contributed by atoms with van der Waals surface area (Å²) in [7, 11) is 0. The summed E-state index contributed by atoms with van der Waals surface area (Å²) in [6.07, 6.45) is 4.80. The number of hydrogen-bond acceptors (Lipinski definition) is 3. The van der Waals surface area contributed by atoms with Gasteiger partial charge in [-0.2, -0.15) is 5.26 Å². The zero-order valence-corrected chi connectivity index (χ0v) is 6.58. The van der Waals surface area contributed by atoms with Crippen molar-refractivity contribution in [2.24, 2.45) is 0 Å². The van der Waals surface area contributed by atoms with E-state index in [2.05, 4.69) is 5.32 Å². The first-order valence-electron chi connectivity index (χ1n) is 4.13. The van der Waals surface area contributed by atoms with E-state index in [1.807, 2.05) is 6.07 Å². The van der Waals surface area contributed by atoms with E-state index in [1.54, 1.807) is 0 Å². The molecule has 62 valence electrons. The Morgan fingerprint density at radius 2 is 2.18 bits per heavy atom. The minimum atomic E-state index is -0.363. The fourth-order valence-corrected chi connectivity index (χ4v) is 1.51. The van der Waals surface area contributed by atoms with E-state index in [1.165, 1.54) is 12.8 Å². The summed E-state index contributed by atoms with van der Waals surface area (Å²) >= 11 is 0. The van der Waals surface area contributed by atoms with Gasteiger partial charge in [-0.1, -0.05) is 12.8 Å². The van der Waals surface area contributed by atoms with Gasteiger partial charge in [0.1, 0.15) is 6.04 Å². The molecule has 1 saturated carbocycles. The Kier molecular flexibility index (Phi) is 3.34. The minimum absolute atomic E-state index is 0.0764. The molecule has 0 heterocycles. The molecule has 2 N–H and O–H groups in total. The SMILES string of the molecule is N#CC(CO)NC1CCCC1. The van der Waals surface area contributed by atoms with Gasteiger partial charge in [-0.05, 0) is 12.8 Å². The average molecular weight is 154 g/mol. The molecule has 0 aromatic heterocycles. The van der Waals surface area contributed by atoms with Crippen LogP contribution < -0.4 is 5.32 Å². The highest BCUT2D eigenvalue weighted by Gasteiger charge is 2.17. The molecule has 3 heteroatoms. The monoisotopic (exact) mass is 154 g/mol. The lowest BCUT2D eigenvalue weighted by Crippen LogP contribution is -2.37. The summed E-state index contributed by atoms with van der Waals surface area (Å²) in [5, 5.41) is 20.3. The molecule has 0 spiro atoms. The van der Waals surface area contributed by atoms with E-state index in [-0.39, 0.29) is 12.6 Å². The van der Waals surface area contributed by atoms with Crippen molar-refractivity contribution in [3.63, 3.8) is 0 Å². The zero-order valence-electron chi connectivity index (χ0n) is 6.58. The van der Waals surface area contributed by atoms with Gasteiger partial charge in [-0.15, -0.1) is 0 Å². The summed E-state index contributed by atoms with van der Waals surface area (Å²) < 4.78 is 0. The molecule has 0 bridgehead atoms. The van der Waals surface area contributed by atoms with Gasteiger partial charge in [-0.3, -0.25) is 5.32 Å². The molecular weight excluding hydrogens is 140 g/mol. The molecule has 11 heavy (non-hydrogen) atoms. The Morgan fingerprint density at radius 3 is 2.64 bits per heavy atom. The van der Waals surface area contributed by atoms with E-state index in [0.29, 0.717) is 6.04 Å². The maximum Gasteiger partial charge on any atom is 0.119 e. The highest BCUT2D eigenvalue weighted by molar-refractivity contribution is 4.92. The van der Waals surface area contributed by atoms with Crippen LogP contribution in [0.15, 0.2) is 0 Å². The smallest absolute Gasteiger partial charge is 0.119 e. The summed E-state index contributed by atoms with van der Waals surface area (Å²) in [6, 6.07) is 2.12. The van der Waals surface area contributed by atoms with E-state index in [0.717, 1.165) is 12.8 Å². The van der Waals surface area contributed by atoms with E-state index < -0.39 is 0 Å². The van der Waals surface area contributed by atoms with E-state index in [9.17, 15) is 0 Å². The van der Waals surface area contributed by atoms with Crippen molar-refractivity contribution in [2.45, 2.75) is 37.8 Å². The van der Waals surface area contributed by atoms with Crippen LogP contribution >= 0.6 is 0 Å². The molecule has 1 aliphatic carbocycles. The summed E-state index contributed by atoms with van der Waals surface area (Å²) in [4.78, 5) is 0. The maximum atomic E-state index is 8.70. The topological polar surface area (TPSA) is 56.0 Å². The van der Waals surface area contributed by atoms with Crippen LogP contribution in [0.5, 0.6) is 0 Å². The Morgan fingerprint density at radius 1 is 1.55 bits per heavy atom. The molecule has 0 saturated heterocycles. The van der Waals surface area contributed by atoms with Crippen LogP contribution in [0.4, 0.5) is 0 Å². The minimum Gasteiger partial charge on any atom is -0.394 e. The van der Waals surface area contributed by atoms with Crippen LogP contribution in [0, 0.1) is 11.3 Å². The predicted molar refractivity (Wildman–Crippen MR) is 41.9 cm³/mol. The molecular formula is C8H14N2O. The lowest BCUT2D eigenvalue weighted by molar-refractivity contribution is 0.257. The molecule has 0 aromatic carbocycles. The number of nitrogens with one attached hydrogen (secondary N) is 1. The molecule has 1 fully saturated rings. The van der Waals surface area contributed by atoms with Gasteiger partial charge in [0.15, 0.2) is 0 Å². The van der Waals surface area contributed by atoms with Gasteiger partial charge < -0.3 is 5.11 Å². The number of hydrogen-bond donors (Lipinski definition) is 2. The van der Waals surface area contributed by atoms with Crippen molar-refractivity contribution in [1.82, 2.24) is 5.32 Å². The highest BCUT2D eigenvalue weighted by atomic mass is 16.3. The van der Waals surface area contributed by atoms with Crippen molar-refractivity contribution < 1.29 is 5.11 Å². The van der Waals surface area contributed by atoms with Crippen molar-refractivity contribution in [2.75, 3.05) is 6.61 Å². The quantitative estimate of drug-likeness (QED) is 0.618. The van der Waals surface area contributed by atoms with Crippen molar-refractivity contribution in [3.8, 4) is 6.07 Å². The third-order valence-corrected chi connectivity index (χ3v) is 2.13. The molecule has 0 aromatic rings. The Balaban J connectivity index is 2.23. The van der Waals surface area contributed by atoms with Crippen LogP contribution in [0.3, 0.4) is 0 Å². The number of nitriles is 1. The first-order chi connectivity index (χ1) is 5.36. The van der Waals surface area contributed by atoms with Gasteiger partial charge in [0.2, 0.25) is 0 Å². The van der Waals surface area contributed by atoms with Gasteiger partial charge in [0.05, 0.1) is 12.7 Å². The first-order valence-corrected chi connectivity index (χ1v) is 4.13. The molecule has 0 aliphatic heterocycles. The number of aliphatic hydroxyl groups is 1. The van der Waals surface area contributed by atoms with Gasteiger partial charge >= 0.3 is 0 Å². The third-order valence-electron chi connectivity index (χ3n) is 2.13. The molecule has 1 unspecified atom stereocenters. The zero-order chi connectivity index (χ0) is 8.10. The maximum absolute atomic E-state index is 8.70. The van der Waals surface area contributed by atoms with Crippen LogP contribution in [0.2, 0.25) is 0 Å². The van der Waals surface area contributed by atoms with Gasteiger partial charge in [-0.25, -0.2) is 0 Å². The van der Waals surface area contributed by atoms with Crippen molar-refractivity contribution >= 4 is 0 Å².